The molecular formula is C15H12ClN5O5S2. The van der Waals surface area contributed by atoms with Crippen LogP contribution in [0.25, 0.3) is 11.0 Å². The number of halogens is 1. The van der Waals surface area contributed by atoms with Crippen molar-refractivity contribution in [3.05, 3.63) is 29.3 Å². The summed E-state index contributed by atoms with van der Waals surface area (Å²) in [5.41, 5.74) is 0.635. The van der Waals surface area contributed by atoms with Gasteiger partial charge in [-0.3, -0.25) is 9.35 Å². The highest BCUT2D eigenvalue weighted by Crippen LogP contribution is 2.37. The maximum Gasteiger partial charge on any atom is 0.296 e. The van der Waals surface area contributed by atoms with Gasteiger partial charge in [0, 0.05) is 6.42 Å². The van der Waals surface area contributed by atoms with Crippen molar-refractivity contribution in [3.63, 3.8) is 0 Å². The van der Waals surface area contributed by atoms with Crippen LogP contribution in [0.15, 0.2) is 39.4 Å². The molecule has 0 bridgehead atoms. The fraction of sp³-hybridized carbons (Fsp3) is 0.133. The fourth-order valence-corrected chi connectivity index (χ4v) is 3.67. The van der Waals surface area contributed by atoms with Gasteiger partial charge in [0.2, 0.25) is 5.91 Å². The van der Waals surface area contributed by atoms with Crippen LogP contribution in [0.1, 0.15) is 13.3 Å². The summed E-state index contributed by atoms with van der Waals surface area (Å²) in [6.07, 6.45) is 0.206. The second-order valence-corrected chi connectivity index (χ2v) is 7.77. The molecule has 3 rings (SSSR count). The van der Waals surface area contributed by atoms with Crippen molar-refractivity contribution in [2.45, 2.75) is 18.2 Å². The molecule has 0 saturated heterocycles. The number of aromatic nitrogens is 2. The number of carbonyl (C=O) groups excluding carboxylic acids is 1. The minimum Gasteiger partial charge on any atom is -0.504 e. The van der Waals surface area contributed by atoms with Gasteiger partial charge in [0.15, 0.2) is 5.75 Å². The van der Waals surface area contributed by atoms with Crippen molar-refractivity contribution in [1.29, 1.82) is 0 Å². The van der Waals surface area contributed by atoms with Crippen LogP contribution in [-0.2, 0) is 14.9 Å². The van der Waals surface area contributed by atoms with E-state index >= 15 is 0 Å². The Morgan fingerprint density at radius 3 is 2.64 bits per heavy atom. The summed E-state index contributed by atoms with van der Waals surface area (Å²) in [4.78, 5) is 11.2. The number of aromatic hydroxyl groups is 1. The van der Waals surface area contributed by atoms with Crippen LogP contribution in [-0.4, -0.2) is 32.7 Å². The standard InChI is InChI=1S/C15H12ClN5O5S2/c1-2-12(22)17-10-6-7(5-8(16)15(10)23)18-19-9-3-4-11(28(24,25)26)14-13(9)20-27-21-14/h3-6,23H,2H2,1H3,(H,17,22)(H,24,25,26). The van der Waals surface area contributed by atoms with Gasteiger partial charge >= 0.3 is 0 Å². The number of phenols is 1. The van der Waals surface area contributed by atoms with Gasteiger partial charge in [0.05, 0.1) is 28.1 Å². The largest absolute Gasteiger partial charge is 0.504 e. The molecule has 0 spiro atoms. The van der Waals surface area contributed by atoms with Gasteiger partial charge in [0.25, 0.3) is 10.1 Å². The van der Waals surface area contributed by atoms with E-state index < -0.39 is 10.1 Å². The molecule has 0 radical (unpaired) electrons. The van der Waals surface area contributed by atoms with Crippen LogP contribution in [0.2, 0.25) is 5.02 Å². The molecule has 2 aromatic carbocycles. The van der Waals surface area contributed by atoms with E-state index in [2.05, 4.69) is 24.3 Å². The van der Waals surface area contributed by atoms with Crippen LogP contribution in [0, 0.1) is 0 Å². The number of phenolic OH excluding ortho intramolecular Hbond substituents is 1. The Morgan fingerprint density at radius 2 is 1.96 bits per heavy atom. The molecule has 0 aliphatic carbocycles. The lowest BCUT2D eigenvalue weighted by Gasteiger charge is -2.08. The minimum atomic E-state index is -4.47. The quantitative estimate of drug-likeness (QED) is 0.306. The Hall–Kier alpha value is -2.67. The highest BCUT2D eigenvalue weighted by Gasteiger charge is 2.19. The molecule has 10 nitrogen and oxygen atoms in total. The number of rotatable bonds is 5. The summed E-state index contributed by atoms with van der Waals surface area (Å²) in [5.74, 6) is -0.623. The van der Waals surface area contributed by atoms with Crippen molar-refractivity contribution in [1.82, 2.24) is 8.75 Å². The first-order valence-corrected chi connectivity index (χ1v) is 10.2. The Bertz CT molecular complexity index is 1210. The SMILES string of the molecule is CCC(=O)Nc1cc(N=Nc2ccc(S(=O)(=O)O)c3nsnc23)cc(Cl)c1O. The van der Waals surface area contributed by atoms with E-state index in [1.165, 1.54) is 18.2 Å². The first kappa shape index (κ1) is 20.1. The fourth-order valence-electron chi connectivity index (χ4n) is 2.21. The number of amides is 1. The predicted octanol–water partition coefficient (Wildman–Crippen LogP) is 4.06. The monoisotopic (exact) mass is 441 g/mol. The van der Waals surface area contributed by atoms with Crippen LogP contribution >= 0.6 is 23.3 Å². The number of anilines is 1. The molecule has 0 aliphatic heterocycles. The number of nitrogens with one attached hydrogen (secondary N) is 1. The summed E-state index contributed by atoms with van der Waals surface area (Å²) in [6.45, 7) is 1.65. The van der Waals surface area contributed by atoms with Crippen molar-refractivity contribution < 1.29 is 22.9 Å². The van der Waals surface area contributed by atoms with E-state index in [-0.39, 0.29) is 56.1 Å². The maximum atomic E-state index is 11.6. The zero-order valence-electron chi connectivity index (χ0n) is 14.1. The number of hydrogen-bond acceptors (Lipinski definition) is 9. The summed E-state index contributed by atoms with van der Waals surface area (Å²) in [5, 5.41) is 20.4. The van der Waals surface area contributed by atoms with E-state index in [9.17, 15) is 22.9 Å². The Morgan fingerprint density at radius 1 is 1.25 bits per heavy atom. The van der Waals surface area contributed by atoms with E-state index in [1.54, 1.807) is 6.92 Å². The molecule has 13 heteroatoms. The lowest BCUT2D eigenvalue weighted by atomic mass is 10.2. The summed E-state index contributed by atoms with van der Waals surface area (Å²) >= 11 is 6.71. The lowest BCUT2D eigenvalue weighted by molar-refractivity contribution is -0.115. The number of nitrogens with zero attached hydrogens (tertiary/aromatic N) is 4. The third kappa shape index (κ3) is 4.09. The molecule has 3 aromatic rings. The first-order valence-electron chi connectivity index (χ1n) is 7.67. The molecule has 146 valence electrons. The third-order valence-corrected chi connectivity index (χ3v) is 5.25. The van der Waals surface area contributed by atoms with Crippen LogP contribution in [0.5, 0.6) is 5.75 Å². The highest BCUT2D eigenvalue weighted by molar-refractivity contribution is 7.86. The molecule has 0 atom stereocenters. The maximum absolute atomic E-state index is 11.6. The van der Waals surface area contributed by atoms with E-state index in [0.717, 1.165) is 17.8 Å². The molecule has 3 N–H and O–H groups in total. The van der Waals surface area contributed by atoms with Crippen LogP contribution < -0.4 is 5.32 Å². The summed E-state index contributed by atoms with van der Waals surface area (Å²) < 4.78 is 40.0. The second kappa shape index (κ2) is 7.75. The second-order valence-electron chi connectivity index (χ2n) is 5.44. The number of azo groups is 1. The molecule has 1 aromatic heterocycles. The van der Waals surface area contributed by atoms with Gasteiger partial charge in [-0.15, -0.1) is 5.11 Å². The van der Waals surface area contributed by atoms with Crippen molar-refractivity contribution in [2.75, 3.05) is 5.32 Å². The summed E-state index contributed by atoms with van der Waals surface area (Å²) in [7, 11) is -4.47. The van der Waals surface area contributed by atoms with Crippen molar-refractivity contribution in [3.8, 4) is 5.75 Å². The molecule has 0 saturated carbocycles. The highest BCUT2D eigenvalue weighted by atomic mass is 35.5. The molecule has 1 amide bonds. The molecule has 0 unspecified atom stereocenters. The van der Waals surface area contributed by atoms with E-state index in [1.807, 2.05) is 0 Å². The van der Waals surface area contributed by atoms with Gasteiger partial charge in [-0.1, -0.05) is 18.5 Å². The average molecular weight is 442 g/mol. The summed E-state index contributed by atoms with van der Waals surface area (Å²) in [6, 6.07) is 5.18. The topological polar surface area (TPSA) is 154 Å². The van der Waals surface area contributed by atoms with Gasteiger partial charge in [-0.2, -0.15) is 22.3 Å². The molecular weight excluding hydrogens is 430 g/mol. The third-order valence-electron chi connectivity index (χ3n) is 3.55. The van der Waals surface area contributed by atoms with Crippen molar-refractivity contribution >= 4 is 67.4 Å². The van der Waals surface area contributed by atoms with Crippen LogP contribution in [0.4, 0.5) is 17.1 Å². The Labute approximate surface area is 168 Å². The Balaban J connectivity index is 2.01. The van der Waals surface area contributed by atoms with E-state index in [0.29, 0.717) is 0 Å². The van der Waals surface area contributed by atoms with Gasteiger partial charge in [-0.25, -0.2) is 0 Å². The average Bonchev–Trinajstić information content (AvgIpc) is 3.12. The van der Waals surface area contributed by atoms with Crippen LogP contribution in [0.3, 0.4) is 0 Å². The first-order chi connectivity index (χ1) is 13.2. The Kier molecular flexibility index (Phi) is 5.56. The molecule has 0 aliphatic rings. The zero-order valence-corrected chi connectivity index (χ0v) is 16.5. The van der Waals surface area contributed by atoms with Gasteiger partial charge in [0.1, 0.15) is 21.6 Å². The minimum absolute atomic E-state index is 0.0245. The number of hydrogen-bond donors (Lipinski definition) is 3. The van der Waals surface area contributed by atoms with Crippen molar-refractivity contribution in [2.24, 2.45) is 10.2 Å². The van der Waals surface area contributed by atoms with Gasteiger partial charge < -0.3 is 10.4 Å². The molecule has 0 fully saturated rings. The van der Waals surface area contributed by atoms with E-state index in [4.69, 9.17) is 11.6 Å². The normalized spacial score (nSPS) is 12.0. The number of carbonyl (C=O) groups is 1. The lowest BCUT2D eigenvalue weighted by Crippen LogP contribution is -2.09. The zero-order chi connectivity index (χ0) is 20.5. The number of fused-ring (bicyclic) bond motifs is 1. The predicted molar refractivity (Wildman–Crippen MR) is 103 cm³/mol. The molecule has 28 heavy (non-hydrogen) atoms. The molecule has 1 heterocycles. The number of benzene rings is 2. The van der Waals surface area contributed by atoms with Gasteiger partial charge in [-0.05, 0) is 24.3 Å². The smallest absolute Gasteiger partial charge is 0.296 e.